The molecule has 1 amide bonds. The molecule has 4 rings (SSSR count). The van der Waals surface area contributed by atoms with Crippen molar-refractivity contribution in [2.45, 2.75) is 13.0 Å². The summed E-state index contributed by atoms with van der Waals surface area (Å²) in [6.07, 6.45) is 2.17. The average molecular weight is 359 g/mol. The Hall–Kier alpha value is -3.34. The molecular formula is C22H21N3O2. The third kappa shape index (κ3) is 3.49. The standard InChI is InChI=1S/C22H21N3O2/c1-27-22(26)25(21-9-5-6-13-23-21)19-10-11-20-18(15-19)12-14-24(20)16-17-7-3-2-4-8-17/h2-11,13,15H,12,14,16H2,1H3. The summed E-state index contributed by atoms with van der Waals surface area (Å²) in [6.45, 7) is 1.85. The van der Waals surface area contributed by atoms with Gasteiger partial charge in [0.15, 0.2) is 0 Å². The van der Waals surface area contributed by atoms with Crippen LogP contribution in [0.5, 0.6) is 0 Å². The van der Waals surface area contributed by atoms with Crippen LogP contribution in [0.2, 0.25) is 0 Å². The maximum atomic E-state index is 12.4. The Balaban J connectivity index is 1.63. The summed E-state index contributed by atoms with van der Waals surface area (Å²) in [5, 5.41) is 0. The Kier molecular flexibility index (Phi) is 4.75. The highest BCUT2D eigenvalue weighted by Crippen LogP contribution is 2.34. The van der Waals surface area contributed by atoms with Gasteiger partial charge in [0.1, 0.15) is 5.82 Å². The molecule has 5 heteroatoms. The van der Waals surface area contributed by atoms with E-state index in [1.165, 1.54) is 28.8 Å². The van der Waals surface area contributed by atoms with Gasteiger partial charge in [-0.15, -0.1) is 0 Å². The van der Waals surface area contributed by atoms with Gasteiger partial charge >= 0.3 is 6.09 Å². The third-order valence-corrected chi connectivity index (χ3v) is 4.76. The second-order valence-electron chi connectivity index (χ2n) is 6.46. The monoisotopic (exact) mass is 359 g/mol. The normalized spacial score (nSPS) is 12.6. The molecule has 1 aliphatic heterocycles. The van der Waals surface area contributed by atoms with Crippen molar-refractivity contribution in [3.8, 4) is 0 Å². The number of rotatable bonds is 4. The largest absolute Gasteiger partial charge is 0.452 e. The lowest BCUT2D eigenvalue weighted by Crippen LogP contribution is -2.26. The van der Waals surface area contributed by atoms with E-state index >= 15 is 0 Å². The zero-order valence-electron chi connectivity index (χ0n) is 15.2. The van der Waals surface area contributed by atoms with Crippen LogP contribution in [0.4, 0.5) is 22.0 Å². The number of nitrogens with zero attached hydrogens (tertiary/aromatic N) is 3. The number of carbonyl (C=O) groups excluding carboxylic acids is 1. The first-order valence-corrected chi connectivity index (χ1v) is 8.97. The molecular weight excluding hydrogens is 338 g/mol. The van der Waals surface area contributed by atoms with Crippen molar-refractivity contribution in [2.75, 3.05) is 23.5 Å². The summed E-state index contributed by atoms with van der Waals surface area (Å²) in [4.78, 5) is 20.5. The molecule has 5 nitrogen and oxygen atoms in total. The van der Waals surface area contributed by atoms with E-state index in [-0.39, 0.29) is 0 Å². The number of methoxy groups -OCH3 is 1. The van der Waals surface area contributed by atoms with Gasteiger partial charge in [0.2, 0.25) is 0 Å². The fraction of sp³-hybridized carbons (Fsp3) is 0.182. The second kappa shape index (κ2) is 7.50. The molecule has 0 bridgehead atoms. The Bertz CT molecular complexity index is 929. The number of hydrogen-bond donors (Lipinski definition) is 0. The summed E-state index contributed by atoms with van der Waals surface area (Å²) in [5.41, 5.74) is 4.50. The van der Waals surface area contributed by atoms with Gasteiger partial charge in [-0.1, -0.05) is 36.4 Å². The first kappa shape index (κ1) is 17.1. The van der Waals surface area contributed by atoms with Gasteiger partial charge in [-0.05, 0) is 47.9 Å². The molecule has 136 valence electrons. The van der Waals surface area contributed by atoms with Crippen LogP contribution < -0.4 is 9.80 Å². The molecule has 1 aliphatic rings. The SMILES string of the molecule is COC(=O)N(c1ccc2c(c1)CCN2Cc1ccccc1)c1ccccn1. The number of carbonyl (C=O) groups is 1. The van der Waals surface area contributed by atoms with Crippen LogP contribution in [0.3, 0.4) is 0 Å². The molecule has 0 unspecified atom stereocenters. The van der Waals surface area contributed by atoms with Crippen molar-refractivity contribution in [1.29, 1.82) is 0 Å². The number of aromatic nitrogens is 1. The summed E-state index contributed by atoms with van der Waals surface area (Å²) < 4.78 is 4.98. The van der Waals surface area contributed by atoms with Crippen LogP contribution in [-0.2, 0) is 17.7 Å². The quantitative estimate of drug-likeness (QED) is 0.686. The second-order valence-corrected chi connectivity index (χ2v) is 6.46. The van der Waals surface area contributed by atoms with Gasteiger partial charge in [0, 0.05) is 25.0 Å². The minimum atomic E-state index is -0.451. The highest BCUT2D eigenvalue weighted by atomic mass is 16.5. The summed E-state index contributed by atoms with van der Waals surface area (Å²) in [6, 6.07) is 22.0. The van der Waals surface area contributed by atoms with Crippen molar-refractivity contribution in [3.63, 3.8) is 0 Å². The summed E-state index contributed by atoms with van der Waals surface area (Å²) in [5.74, 6) is 0.545. The summed E-state index contributed by atoms with van der Waals surface area (Å²) in [7, 11) is 1.38. The third-order valence-electron chi connectivity index (χ3n) is 4.76. The van der Waals surface area contributed by atoms with Crippen LogP contribution >= 0.6 is 0 Å². The van der Waals surface area contributed by atoms with E-state index < -0.39 is 6.09 Å². The van der Waals surface area contributed by atoms with E-state index in [0.29, 0.717) is 5.82 Å². The van der Waals surface area contributed by atoms with Gasteiger partial charge in [-0.2, -0.15) is 0 Å². The molecule has 0 saturated heterocycles. The molecule has 0 fully saturated rings. The first-order chi connectivity index (χ1) is 13.3. The minimum absolute atomic E-state index is 0.451. The van der Waals surface area contributed by atoms with E-state index in [9.17, 15) is 4.79 Å². The zero-order valence-corrected chi connectivity index (χ0v) is 15.2. The van der Waals surface area contributed by atoms with Gasteiger partial charge in [-0.25, -0.2) is 14.7 Å². The predicted molar refractivity (Wildman–Crippen MR) is 106 cm³/mol. The van der Waals surface area contributed by atoms with E-state index in [4.69, 9.17) is 4.74 Å². The molecule has 2 aromatic carbocycles. The number of amides is 1. The summed E-state index contributed by atoms with van der Waals surface area (Å²) >= 11 is 0. The lowest BCUT2D eigenvalue weighted by molar-refractivity contribution is 0.181. The number of ether oxygens (including phenoxy) is 1. The zero-order chi connectivity index (χ0) is 18.6. The van der Waals surface area contributed by atoms with E-state index in [1.807, 2.05) is 24.3 Å². The lowest BCUT2D eigenvalue weighted by Gasteiger charge is -2.22. The maximum Gasteiger partial charge on any atom is 0.419 e. The highest BCUT2D eigenvalue weighted by Gasteiger charge is 2.24. The number of fused-ring (bicyclic) bond motifs is 1. The molecule has 0 N–H and O–H groups in total. The lowest BCUT2D eigenvalue weighted by atomic mass is 10.1. The molecule has 2 heterocycles. The Morgan fingerprint density at radius 1 is 1.11 bits per heavy atom. The maximum absolute atomic E-state index is 12.4. The van der Waals surface area contributed by atoms with Crippen LogP contribution in [0.1, 0.15) is 11.1 Å². The number of pyridine rings is 1. The molecule has 0 atom stereocenters. The van der Waals surface area contributed by atoms with Gasteiger partial charge in [-0.3, -0.25) is 0 Å². The molecule has 3 aromatic rings. The van der Waals surface area contributed by atoms with Crippen molar-refractivity contribution in [3.05, 3.63) is 84.1 Å². The van der Waals surface area contributed by atoms with Crippen LogP contribution in [-0.4, -0.2) is 24.7 Å². The Labute approximate surface area is 158 Å². The molecule has 0 saturated carbocycles. The molecule has 0 radical (unpaired) electrons. The smallest absolute Gasteiger partial charge is 0.419 e. The van der Waals surface area contributed by atoms with E-state index in [1.54, 1.807) is 12.3 Å². The van der Waals surface area contributed by atoms with E-state index in [2.05, 4.69) is 46.3 Å². The average Bonchev–Trinajstić information content (AvgIpc) is 3.12. The van der Waals surface area contributed by atoms with Crippen LogP contribution in [0, 0.1) is 0 Å². The fourth-order valence-electron chi connectivity index (χ4n) is 3.47. The first-order valence-electron chi connectivity index (χ1n) is 8.97. The van der Waals surface area contributed by atoms with Crippen LogP contribution in [0.15, 0.2) is 72.9 Å². The molecule has 27 heavy (non-hydrogen) atoms. The van der Waals surface area contributed by atoms with Crippen molar-refractivity contribution < 1.29 is 9.53 Å². The topological polar surface area (TPSA) is 45.7 Å². The molecule has 0 spiro atoms. The van der Waals surface area contributed by atoms with Crippen molar-refractivity contribution in [1.82, 2.24) is 4.98 Å². The van der Waals surface area contributed by atoms with Crippen molar-refractivity contribution >= 4 is 23.3 Å². The predicted octanol–water partition coefficient (Wildman–Crippen LogP) is 4.55. The minimum Gasteiger partial charge on any atom is -0.452 e. The van der Waals surface area contributed by atoms with Crippen molar-refractivity contribution in [2.24, 2.45) is 0 Å². The van der Waals surface area contributed by atoms with E-state index in [0.717, 1.165) is 25.2 Å². The number of benzene rings is 2. The Morgan fingerprint density at radius 3 is 2.67 bits per heavy atom. The Morgan fingerprint density at radius 2 is 1.93 bits per heavy atom. The van der Waals surface area contributed by atoms with Crippen LogP contribution in [0.25, 0.3) is 0 Å². The fourth-order valence-corrected chi connectivity index (χ4v) is 3.47. The highest BCUT2D eigenvalue weighted by molar-refractivity contribution is 5.95. The molecule has 1 aromatic heterocycles. The van der Waals surface area contributed by atoms with Gasteiger partial charge in [0.25, 0.3) is 0 Å². The van der Waals surface area contributed by atoms with Gasteiger partial charge in [0.05, 0.1) is 12.8 Å². The number of hydrogen-bond acceptors (Lipinski definition) is 4. The van der Waals surface area contributed by atoms with Gasteiger partial charge < -0.3 is 9.64 Å². The number of anilines is 3. The molecule has 0 aliphatic carbocycles.